The van der Waals surface area contributed by atoms with Gasteiger partial charge in [-0.05, 0) is 7.05 Å². The molecule has 2 N–H and O–H groups in total. The number of rotatable bonds is 6. The van der Waals surface area contributed by atoms with Gasteiger partial charge in [0.25, 0.3) is 0 Å². The Morgan fingerprint density at radius 3 is 2.82 bits per heavy atom. The van der Waals surface area contributed by atoms with Crippen molar-refractivity contribution in [3.05, 3.63) is 0 Å². The van der Waals surface area contributed by atoms with Crippen LogP contribution in [0.5, 0.6) is 0 Å². The number of nitrogens with zero attached hydrogens (tertiary/aromatic N) is 1. The third kappa shape index (κ3) is 7.21. The molecule has 0 heterocycles. The first kappa shape index (κ1) is 10.3. The van der Waals surface area contributed by atoms with Crippen LogP contribution in [0.2, 0.25) is 0 Å². The van der Waals surface area contributed by atoms with Crippen molar-refractivity contribution in [1.29, 1.82) is 0 Å². The zero-order valence-electron chi connectivity index (χ0n) is 6.55. The molecular formula is C6H13FN2O2. The molecule has 0 unspecified atom stereocenters. The zero-order chi connectivity index (χ0) is 8.69. The Labute approximate surface area is 65.1 Å². The number of hydrogen-bond donors (Lipinski definition) is 1. The molecule has 0 saturated carbocycles. The molecule has 0 atom stereocenters. The number of primary amides is 1. The van der Waals surface area contributed by atoms with Gasteiger partial charge in [-0.3, -0.25) is 9.69 Å². The first-order valence-corrected chi connectivity index (χ1v) is 3.27. The highest BCUT2D eigenvalue weighted by atomic mass is 19.1. The SMILES string of the molecule is CN(CCOCF)CC(N)=O. The first-order chi connectivity index (χ1) is 5.16. The fourth-order valence-electron chi connectivity index (χ4n) is 0.620. The Bertz CT molecular complexity index is 121. The van der Waals surface area contributed by atoms with E-state index in [-0.39, 0.29) is 13.2 Å². The Hall–Kier alpha value is -0.680. The van der Waals surface area contributed by atoms with E-state index in [1.54, 1.807) is 11.9 Å². The second-order valence-electron chi connectivity index (χ2n) is 2.22. The van der Waals surface area contributed by atoms with Crippen molar-refractivity contribution in [2.24, 2.45) is 5.73 Å². The summed E-state index contributed by atoms with van der Waals surface area (Å²) in [5, 5.41) is 0. The van der Waals surface area contributed by atoms with Crippen LogP contribution in [0.1, 0.15) is 0 Å². The smallest absolute Gasteiger partial charge is 0.231 e. The van der Waals surface area contributed by atoms with Crippen LogP contribution >= 0.6 is 0 Å². The van der Waals surface area contributed by atoms with E-state index in [0.29, 0.717) is 6.54 Å². The Morgan fingerprint density at radius 2 is 2.36 bits per heavy atom. The molecule has 1 amide bonds. The van der Waals surface area contributed by atoms with Gasteiger partial charge < -0.3 is 10.5 Å². The molecule has 0 rings (SSSR count). The number of likely N-dealkylation sites (N-methyl/N-ethyl adjacent to an activating group) is 1. The monoisotopic (exact) mass is 164 g/mol. The number of carbonyl (C=O) groups excluding carboxylic acids is 1. The average Bonchev–Trinajstić information content (AvgIpc) is 1.86. The largest absolute Gasteiger partial charge is 0.369 e. The molecule has 0 saturated heterocycles. The second kappa shape index (κ2) is 6.06. The third-order valence-electron chi connectivity index (χ3n) is 1.12. The van der Waals surface area contributed by atoms with Crippen LogP contribution in [0.15, 0.2) is 0 Å². The summed E-state index contributed by atoms with van der Waals surface area (Å²) < 4.78 is 15.8. The van der Waals surface area contributed by atoms with E-state index in [9.17, 15) is 9.18 Å². The van der Waals surface area contributed by atoms with Crippen LogP contribution in [0.4, 0.5) is 4.39 Å². The van der Waals surface area contributed by atoms with Gasteiger partial charge in [0.05, 0.1) is 13.2 Å². The van der Waals surface area contributed by atoms with Crippen molar-refractivity contribution in [2.75, 3.05) is 33.6 Å². The Kier molecular flexibility index (Phi) is 5.68. The van der Waals surface area contributed by atoms with Crippen LogP contribution in [-0.2, 0) is 9.53 Å². The molecule has 4 nitrogen and oxygen atoms in total. The molecule has 0 bridgehead atoms. The highest BCUT2D eigenvalue weighted by Gasteiger charge is 2.00. The van der Waals surface area contributed by atoms with Crippen LogP contribution in [0.3, 0.4) is 0 Å². The maximum atomic E-state index is 11.4. The molecule has 0 aliphatic rings. The van der Waals surface area contributed by atoms with Crippen molar-refractivity contribution in [3.63, 3.8) is 0 Å². The maximum absolute atomic E-state index is 11.4. The van der Waals surface area contributed by atoms with E-state index in [0.717, 1.165) is 0 Å². The van der Waals surface area contributed by atoms with Crippen molar-refractivity contribution < 1.29 is 13.9 Å². The highest BCUT2D eigenvalue weighted by molar-refractivity contribution is 5.75. The third-order valence-corrected chi connectivity index (χ3v) is 1.12. The molecule has 0 aliphatic heterocycles. The van der Waals surface area contributed by atoms with Crippen molar-refractivity contribution in [3.8, 4) is 0 Å². The predicted molar refractivity (Wildman–Crippen MR) is 38.6 cm³/mol. The van der Waals surface area contributed by atoms with Gasteiger partial charge in [0.15, 0.2) is 6.86 Å². The van der Waals surface area contributed by atoms with E-state index in [4.69, 9.17) is 5.73 Å². The Balaban J connectivity index is 3.22. The summed E-state index contributed by atoms with van der Waals surface area (Å²) in [7, 11) is 1.71. The lowest BCUT2D eigenvalue weighted by molar-refractivity contribution is -0.119. The Morgan fingerprint density at radius 1 is 1.73 bits per heavy atom. The van der Waals surface area contributed by atoms with E-state index in [1.165, 1.54) is 0 Å². The van der Waals surface area contributed by atoms with Gasteiger partial charge in [-0.1, -0.05) is 0 Å². The lowest BCUT2D eigenvalue weighted by atomic mass is 10.5. The normalized spacial score (nSPS) is 10.5. The molecule has 0 aliphatic carbocycles. The minimum absolute atomic E-state index is 0.176. The van der Waals surface area contributed by atoms with Crippen molar-refractivity contribution in [1.82, 2.24) is 4.90 Å². The number of alkyl halides is 1. The highest BCUT2D eigenvalue weighted by Crippen LogP contribution is 1.82. The van der Waals surface area contributed by atoms with Crippen molar-refractivity contribution >= 4 is 5.91 Å². The van der Waals surface area contributed by atoms with Crippen LogP contribution in [-0.4, -0.2) is 44.4 Å². The topological polar surface area (TPSA) is 55.6 Å². The maximum Gasteiger partial charge on any atom is 0.231 e. The summed E-state index contributed by atoms with van der Waals surface area (Å²) in [6, 6.07) is 0. The molecule has 0 spiro atoms. The van der Waals surface area contributed by atoms with Gasteiger partial charge in [0, 0.05) is 6.54 Å². The lowest BCUT2D eigenvalue weighted by Crippen LogP contribution is -2.32. The first-order valence-electron chi connectivity index (χ1n) is 3.27. The molecule has 0 aromatic rings. The standard InChI is InChI=1S/C6H13FN2O2/c1-9(4-6(8)10)2-3-11-5-7/h2-5H2,1H3,(H2,8,10). The average molecular weight is 164 g/mol. The molecule has 0 aromatic carbocycles. The van der Waals surface area contributed by atoms with Gasteiger partial charge in [-0.25, -0.2) is 4.39 Å². The van der Waals surface area contributed by atoms with Gasteiger partial charge in [0.1, 0.15) is 0 Å². The molecular weight excluding hydrogens is 151 g/mol. The zero-order valence-corrected chi connectivity index (χ0v) is 6.55. The van der Waals surface area contributed by atoms with Crippen LogP contribution < -0.4 is 5.73 Å². The van der Waals surface area contributed by atoms with Crippen LogP contribution in [0.25, 0.3) is 0 Å². The predicted octanol–water partition coefficient (Wildman–Crippen LogP) is -0.653. The number of halogens is 1. The molecule has 66 valence electrons. The molecule has 0 radical (unpaired) electrons. The second-order valence-corrected chi connectivity index (χ2v) is 2.22. The molecule has 11 heavy (non-hydrogen) atoms. The fraction of sp³-hybridized carbons (Fsp3) is 0.833. The van der Waals surface area contributed by atoms with Crippen LogP contribution in [0, 0.1) is 0 Å². The van der Waals surface area contributed by atoms with Gasteiger partial charge in [-0.15, -0.1) is 0 Å². The summed E-state index contributed by atoms with van der Waals surface area (Å²) >= 11 is 0. The summed E-state index contributed by atoms with van der Waals surface area (Å²) in [4.78, 5) is 12.0. The number of hydrogen-bond acceptors (Lipinski definition) is 3. The quantitative estimate of drug-likeness (QED) is 0.530. The van der Waals surface area contributed by atoms with Gasteiger partial charge in [0.2, 0.25) is 5.91 Å². The summed E-state index contributed by atoms with van der Waals surface area (Å²) in [6.45, 7) is 0.174. The van der Waals surface area contributed by atoms with E-state index in [2.05, 4.69) is 4.74 Å². The summed E-state index contributed by atoms with van der Waals surface area (Å²) in [5.41, 5.74) is 4.90. The van der Waals surface area contributed by atoms with E-state index >= 15 is 0 Å². The fourth-order valence-corrected chi connectivity index (χ4v) is 0.620. The summed E-state index contributed by atoms with van der Waals surface area (Å²) in [6.07, 6.45) is 0. The number of amides is 1. The molecule has 0 aromatic heterocycles. The minimum Gasteiger partial charge on any atom is -0.369 e. The number of nitrogens with two attached hydrogens (primary N) is 1. The molecule has 5 heteroatoms. The number of ether oxygens (including phenoxy) is 1. The molecule has 0 fully saturated rings. The minimum atomic E-state index is -0.787. The van der Waals surface area contributed by atoms with Gasteiger partial charge >= 0.3 is 0 Å². The van der Waals surface area contributed by atoms with Crippen molar-refractivity contribution in [2.45, 2.75) is 0 Å². The number of carbonyl (C=O) groups is 1. The summed E-state index contributed by atoms with van der Waals surface area (Å²) in [5.74, 6) is -0.396. The van der Waals surface area contributed by atoms with E-state index < -0.39 is 12.8 Å². The van der Waals surface area contributed by atoms with Gasteiger partial charge in [-0.2, -0.15) is 0 Å². The van der Waals surface area contributed by atoms with E-state index in [1.807, 2.05) is 0 Å². The lowest BCUT2D eigenvalue weighted by Gasteiger charge is -2.12.